The van der Waals surface area contributed by atoms with Gasteiger partial charge in [-0.05, 0) is 48.9 Å². The van der Waals surface area contributed by atoms with Crippen molar-refractivity contribution in [1.82, 2.24) is 15.2 Å². The second kappa shape index (κ2) is 10.2. The molecule has 1 aromatic heterocycles. The SMILES string of the molecule is CCCCSc1nnc2c(n1)OC(c1ccc(OCC(=O)O)cc1)Nc1ccc(Br)cc1-2. The Labute approximate surface area is 197 Å². The molecular formula is C22H21BrN4O4S. The molecule has 2 aromatic carbocycles. The highest BCUT2D eigenvalue weighted by Crippen LogP contribution is 2.41. The molecule has 0 saturated carbocycles. The van der Waals surface area contributed by atoms with E-state index in [9.17, 15) is 4.79 Å². The van der Waals surface area contributed by atoms with Crippen LogP contribution in [0.1, 0.15) is 31.6 Å². The van der Waals surface area contributed by atoms with Gasteiger partial charge in [0.15, 0.2) is 18.5 Å². The molecule has 1 atom stereocenters. The number of ether oxygens (including phenoxy) is 2. The number of halogens is 1. The summed E-state index contributed by atoms with van der Waals surface area (Å²) in [6.07, 6.45) is 1.64. The molecular weight excluding hydrogens is 496 g/mol. The zero-order valence-electron chi connectivity index (χ0n) is 17.2. The second-order valence-electron chi connectivity index (χ2n) is 7.03. The van der Waals surface area contributed by atoms with E-state index >= 15 is 0 Å². The van der Waals surface area contributed by atoms with Crippen LogP contribution in [0, 0.1) is 0 Å². The summed E-state index contributed by atoms with van der Waals surface area (Å²) in [7, 11) is 0. The molecule has 0 bridgehead atoms. The van der Waals surface area contributed by atoms with Gasteiger partial charge >= 0.3 is 5.97 Å². The topological polar surface area (TPSA) is 106 Å². The fraction of sp³-hybridized carbons (Fsp3) is 0.273. The van der Waals surface area contributed by atoms with Crippen LogP contribution in [0.15, 0.2) is 52.1 Å². The first-order valence-electron chi connectivity index (χ1n) is 10.1. The van der Waals surface area contributed by atoms with Crippen molar-refractivity contribution in [2.24, 2.45) is 0 Å². The summed E-state index contributed by atoms with van der Waals surface area (Å²) in [4.78, 5) is 15.4. The number of fused-ring (bicyclic) bond motifs is 3. The number of nitrogens with zero attached hydrogens (tertiary/aromatic N) is 3. The third-order valence-corrected chi connectivity index (χ3v) is 6.08. The summed E-state index contributed by atoms with van der Waals surface area (Å²) in [5.41, 5.74) is 3.07. The molecule has 0 spiro atoms. The van der Waals surface area contributed by atoms with Gasteiger partial charge in [-0.25, -0.2) is 4.79 Å². The average Bonchev–Trinajstić information content (AvgIpc) is 2.94. The number of unbranched alkanes of at least 4 members (excludes halogenated alkanes) is 1. The van der Waals surface area contributed by atoms with E-state index in [4.69, 9.17) is 14.6 Å². The molecule has 1 unspecified atom stereocenters. The van der Waals surface area contributed by atoms with E-state index in [0.29, 0.717) is 22.5 Å². The fourth-order valence-corrected chi connectivity index (χ4v) is 4.30. The molecule has 8 nitrogen and oxygen atoms in total. The number of aromatic nitrogens is 3. The minimum atomic E-state index is -1.03. The van der Waals surface area contributed by atoms with Gasteiger partial charge in [0.25, 0.3) is 0 Å². The van der Waals surface area contributed by atoms with Crippen LogP contribution >= 0.6 is 27.7 Å². The van der Waals surface area contributed by atoms with Gasteiger partial charge in [-0.3, -0.25) is 0 Å². The standard InChI is InChI=1S/C22H21BrN4O4S/c1-2-3-10-32-22-25-21-19(26-27-22)16-11-14(23)6-9-17(16)24-20(31-21)13-4-7-15(8-5-13)30-12-18(28)29/h4-9,11,20,24H,2-3,10,12H2,1H3,(H,28,29). The third-order valence-electron chi connectivity index (χ3n) is 4.66. The lowest BCUT2D eigenvalue weighted by atomic mass is 10.1. The highest BCUT2D eigenvalue weighted by atomic mass is 79.9. The van der Waals surface area contributed by atoms with E-state index in [2.05, 4.69) is 43.4 Å². The van der Waals surface area contributed by atoms with Gasteiger partial charge in [0.2, 0.25) is 11.0 Å². The maximum Gasteiger partial charge on any atom is 0.341 e. The lowest BCUT2D eigenvalue weighted by Gasteiger charge is -2.19. The lowest BCUT2D eigenvalue weighted by Crippen LogP contribution is -2.17. The van der Waals surface area contributed by atoms with Gasteiger partial charge in [-0.2, -0.15) is 4.98 Å². The van der Waals surface area contributed by atoms with E-state index in [-0.39, 0.29) is 0 Å². The van der Waals surface area contributed by atoms with Crippen LogP contribution in [-0.2, 0) is 4.79 Å². The van der Waals surface area contributed by atoms with Crippen molar-refractivity contribution in [2.45, 2.75) is 31.1 Å². The number of aliphatic carboxylic acids is 1. The van der Waals surface area contributed by atoms with Crippen molar-refractivity contribution in [1.29, 1.82) is 0 Å². The number of carboxylic acids is 1. The van der Waals surface area contributed by atoms with Gasteiger partial charge in [0, 0.05) is 27.0 Å². The minimum Gasteiger partial charge on any atom is -0.482 e. The predicted molar refractivity (Wildman–Crippen MR) is 125 cm³/mol. The molecule has 1 aliphatic heterocycles. The van der Waals surface area contributed by atoms with E-state index in [1.54, 1.807) is 23.9 Å². The number of thioether (sulfide) groups is 1. The molecule has 166 valence electrons. The van der Waals surface area contributed by atoms with Crippen molar-refractivity contribution in [3.05, 3.63) is 52.5 Å². The van der Waals surface area contributed by atoms with Crippen LogP contribution in [0.3, 0.4) is 0 Å². The van der Waals surface area contributed by atoms with Crippen LogP contribution in [0.25, 0.3) is 11.3 Å². The van der Waals surface area contributed by atoms with Crippen molar-refractivity contribution in [3.8, 4) is 22.9 Å². The van der Waals surface area contributed by atoms with Gasteiger partial charge in [-0.15, -0.1) is 10.2 Å². The fourth-order valence-electron chi connectivity index (χ4n) is 3.07. The molecule has 3 aromatic rings. The number of anilines is 1. The number of carboxylic acid groups (broad SMARTS) is 1. The molecule has 0 fully saturated rings. The number of nitrogens with one attached hydrogen (secondary N) is 1. The Hall–Kier alpha value is -2.85. The highest BCUT2D eigenvalue weighted by Gasteiger charge is 2.26. The summed E-state index contributed by atoms with van der Waals surface area (Å²) in [5, 5.41) is 21.5. The zero-order chi connectivity index (χ0) is 22.5. The Kier molecular flexibility index (Phi) is 7.11. The van der Waals surface area contributed by atoms with E-state index < -0.39 is 18.8 Å². The van der Waals surface area contributed by atoms with Gasteiger partial charge < -0.3 is 19.9 Å². The van der Waals surface area contributed by atoms with Crippen LogP contribution in [-0.4, -0.2) is 38.6 Å². The monoisotopic (exact) mass is 516 g/mol. The first-order chi connectivity index (χ1) is 15.5. The maximum atomic E-state index is 10.7. The van der Waals surface area contributed by atoms with Crippen LogP contribution < -0.4 is 14.8 Å². The number of hydrogen-bond donors (Lipinski definition) is 2. The molecule has 2 heterocycles. The van der Waals surface area contributed by atoms with Crippen molar-refractivity contribution in [2.75, 3.05) is 17.7 Å². The quantitative estimate of drug-likeness (QED) is 0.310. The molecule has 10 heteroatoms. The number of hydrogen-bond acceptors (Lipinski definition) is 8. The Balaban J connectivity index is 1.66. The Bertz CT molecular complexity index is 1110. The highest BCUT2D eigenvalue weighted by molar-refractivity contribution is 9.10. The molecule has 0 saturated heterocycles. The van der Waals surface area contributed by atoms with Gasteiger partial charge in [0.1, 0.15) is 5.75 Å². The van der Waals surface area contributed by atoms with Crippen molar-refractivity contribution >= 4 is 39.3 Å². The van der Waals surface area contributed by atoms with Gasteiger partial charge in [0.05, 0.1) is 0 Å². The molecule has 0 radical (unpaired) electrons. The largest absolute Gasteiger partial charge is 0.482 e. The normalized spacial score (nSPS) is 14.4. The number of benzene rings is 2. The van der Waals surface area contributed by atoms with Crippen LogP contribution in [0.5, 0.6) is 11.6 Å². The average molecular weight is 517 g/mol. The Morgan fingerprint density at radius 2 is 2.06 bits per heavy atom. The van der Waals surface area contributed by atoms with Crippen molar-refractivity contribution in [3.63, 3.8) is 0 Å². The van der Waals surface area contributed by atoms with Crippen LogP contribution in [0.4, 0.5) is 5.69 Å². The minimum absolute atomic E-state index is 0.395. The first-order valence-corrected chi connectivity index (χ1v) is 11.9. The van der Waals surface area contributed by atoms with Crippen molar-refractivity contribution < 1.29 is 19.4 Å². The Morgan fingerprint density at radius 1 is 1.25 bits per heavy atom. The molecule has 2 N–H and O–H groups in total. The summed E-state index contributed by atoms with van der Waals surface area (Å²) in [5.74, 6) is 0.758. The Morgan fingerprint density at radius 3 is 2.81 bits per heavy atom. The number of rotatable bonds is 8. The molecule has 0 aliphatic carbocycles. The summed E-state index contributed by atoms with van der Waals surface area (Å²) >= 11 is 5.08. The summed E-state index contributed by atoms with van der Waals surface area (Å²) in [6, 6.07) is 12.9. The maximum absolute atomic E-state index is 10.7. The summed E-state index contributed by atoms with van der Waals surface area (Å²) in [6.45, 7) is 1.75. The molecule has 1 aliphatic rings. The number of carbonyl (C=O) groups is 1. The van der Waals surface area contributed by atoms with E-state index in [1.807, 2.05) is 30.3 Å². The lowest BCUT2D eigenvalue weighted by molar-refractivity contribution is -0.139. The van der Waals surface area contributed by atoms with E-state index in [1.165, 1.54) is 0 Å². The first kappa shape index (κ1) is 22.3. The van der Waals surface area contributed by atoms with Crippen LogP contribution in [0.2, 0.25) is 0 Å². The predicted octanol–water partition coefficient (Wildman–Crippen LogP) is 5.16. The smallest absolute Gasteiger partial charge is 0.341 e. The summed E-state index contributed by atoms with van der Waals surface area (Å²) < 4.78 is 12.4. The zero-order valence-corrected chi connectivity index (χ0v) is 19.6. The second-order valence-corrected chi connectivity index (χ2v) is 9.01. The third kappa shape index (κ3) is 5.31. The van der Waals surface area contributed by atoms with Gasteiger partial charge in [-0.1, -0.05) is 41.0 Å². The molecule has 0 amide bonds. The molecule has 32 heavy (non-hydrogen) atoms. The molecule has 4 rings (SSSR count). The van der Waals surface area contributed by atoms with E-state index in [0.717, 1.165) is 39.9 Å².